The number of aliphatic hydroxyl groups is 1. The van der Waals surface area contributed by atoms with E-state index >= 15 is 0 Å². The topological polar surface area (TPSA) is 75.6 Å². The Morgan fingerprint density at radius 1 is 1.59 bits per heavy atom. The quantitative estimate of drug-likeness (QED) is 0.637. The van der Waals surface area contributed by atoms with Crippen molar-refractivity contribution >= 4 is 44.8 Å². The van der Waals surface area contributed by atoms with E-state index < -0.39 is 5.97 Å². The second-order valence-electron chi connectivity index (χ2n) is 3.16. The third-order valence-corrected chi connectivity index (χ3v) is 3.46. The van der Waals surface area contributed by atoms with Crippen molar-refractivity contribution in [2.45, 2.75) is 6.92 Å². The van der Waals surface area contributed by atoms with Crippen molar-refractivity contribution in [2.75, 3.05) is 23.9 Å². The maximum absolute atomic E-state index is 11.6. The molecule has 0 fully saturated rings. The van der Waals surface area contributed by atoms with E-state index in [1.807, 2.05) is 0 Å². The molecule has 1 aromatic heterocycles. The van der Waals surface area contributed by atoms with Crippen molar-refractivity contribution in [3.8, 4) is 0 Å². The van der Waals surface area contributed by atoms with Crippen LogP contribution in [0.15, 0.2) is 5.38 Å². The van der Waals surface area contributed by atoms with E-state index in [-0.39, 0.29) is 24.5 Å². The number of carbonyl (C=O) groups excluding carboxylic acids is 2. The molecule has 7 heteroatoms. The van der Waals surface area contributed by atoms with Crippen LogP contribution in [0, 0.1) is 6.92 Å². The lowest BCUT2D eigenvalue weighted by atomic mass is 10.2. The van der Waals surface area contributed by atoms with Crippen LogP contribution < -0.4 is 5.32 Å². The molecule has 0 saturated carbocycles. The molecule has 1 amide bonds. The van der Waals surface area contributed by atoms with Crippen LogP contribution in [-0.4, -0.2) is 35.5 Å². The highest BCUT2D eigenvalue weighted by Crippen LogP contribution is 2.28. The second-order valence-corrected chi connectivity index (χ2v) is 4.60. The van der Waals surface area contributed by atoms with Crippen molar-refractivity contribution in [2.24, 2.45) is 0 Å². The number of aryl methyl sites for hydroxylation is 1. The fourth-order valence-electron chi connectivity index (χ4n) is 1.13. The normalized spacial score (nSPS) is 10.1. The van der Waals surface area contributed by atoms with E-state index in [1.165, 1.54) is 11.3 Å². The van der Waals surface area contributed by atoms with E-state index in [9.17, 15) is 9.59 Å². The Balaban J connectivity index is 2.85. The van der Waals surface area contributed by atoms with Crippen molar-refractivity contribution in [1.29, 1.82) is 0 Å². The van der Waals surface area contributed by atoms with Gasteiger partial charge < -0.3 is 15.2 Å². The maximum Gasteiger partial charge on any atom is 0.350 e. The number of esters is 1. The molecule has 0 aromatic carbocycles. The molecule has 0 radical (unpaired) electrons. The SMILES string of the molecule is Cc1csc(C(=O)OCCO)c1NC(=O)CBr. The van der Waals surface area contributed by atoms with E-state index in [4.69, 9.17) is 9.84 Å². The highest BCUT2D eigenvalue weighted by molar-refractivity contribution is 9.09. The smallest absolute Gasteiger partial charge is 0.350 e. The summed E-state index contributed by atoms with van der Waals surface area (Å²) in [6.45, 7) is 1.52. The first kappa shape index (κ1) is 14.1. The Bertz CT molecular complexity index is 418. The largest absolute Gasteiger partial charge is 0.459 e. The van der Waals surface area contributed by atoms with Gasteiger partial charge in [0.05, 0.1) is 17.6 Å². The molecular formula is C10H12BrNO4S. The molecule has 0 saturated heterocycles. The van der Waals surface area contributed by atoms with Gasteiger partial charge in [0.2, 0.25) is 5.91 Å². The molecule has 0 atom stereocenters. The number of alkyl halides is 1. The molecule has 0 aliphatic heterocycles. The number of aliphatic hydroxyl groups excluding tert-OH is 1. The molecule has 17 heavy (non-hydrogen) atoms. The van der Waals surface area contributed by atoms with Crippen molar-refractivity contribution < 1.29 is 19.4 Å². The number of anilines is 1. The van der Waals surface area contributed by atoms with Gasteiger partial charge in [0.25, 0.3) is 0 Å². The highest BCUT2D eigenvalue weighted by Gasteiger charge is 2.18. The Hall–Kier alpha value is -0.920. The summed E-state index contributed by atoms with van der Waals surface area (Å²) >= 11 is 4.23. The standard InChI is InChI=1S/C10H12BrNO4S/c1-6-5-17-9(10(15)16-3-2-13)8(6)12-7(14)4-11/h5,13H,2-4H2,1H3,(H,12,14). The number of rotatable bonds is 5. The van der Waals surface area contributed by atoms with Crippen LogP contribution in [0.1, 0.15) is 15.2 Å². The molecule has 2 N–H and O–H groups in total. The number of hydrogen-bond acceptors (Lipinski definition) is 5. The van der Waals surface area contributed by atoms with Gasteiger partial charge in [-0.1, -0.05) is 15.9 Å². The molecule has 1 heterocycles. The molecule has 0 bridgehead atoms. The Morgan fingerprint density at radius 2 is 2.29 bits per heavy atom. The van der Waals surface area contributed by atoms with E-state index in [0.717, 1.165) is 5.56 Å². The van der Waals surface area contributed by atoms with Gasteiger partial charge in [-0.25, -0.2) is 4.79 Å². The Morgan fingerprint density at radius 3 is 2.88 bits per heavy atom. The number of hydrogen-bond donors (Lipinski definition) is 2. The number of carbonyl (C=O) groups is 2. The summed E-state index contributed by atoms with van der Waals surface area (Å²) in [6, 6.07) is 0. The van der Waals surface area contributed by atoms with Gasteiger partial charge in [-0.3, -0.25) is 4.79 Å². The summed E-state index contributed by atoms with van der Waals surface area (Å²) < 4.78 is 4.80. The minimum Gasteiger partial charge on any atom is -0.459 e. The summed E-state index contributed by atoms with van der Waals surface area (Å²) in [5.74, 6) is -0.773. The molecule has 0 aliphatic rings. The van der Waals surface area contributed by atoms with Crippen LogP contribution in [0.25, 0.3) is 0 Å². The highest BCUT2D eigenvalue weighted by atomic mass is 79.9. The number of thiophene rings is 1. The van der Waals surface area contributed by atoms with Crippen LogP contribution in [0.4, 0.5) is 5.69 Å². The van der Waals surface area contributed by atoms with Gasteiger partial charge in [-0.05, 0) is 17.9 Å². The van der Waals surface area contributed by atoms with Crippen molar-refractivity contribution in [3.05, 3.63) is 15.8 Å². The van der Waals surface area contributed by atoms with Crippen LogP contribution in [0.3, 0.4) is 0 Å². The summed E-state index contributed by atoms with van der Waals surface area (Å²) in [5.41, 5.74) is 1.28. The third-order valence-electron chi connectivity index (χ3n) is 1.87. The van der Waals surface area contributed by atoms with Gasteiger partial charge in [0, 0.05) is 0 Å². The molecule has 94 valence electrons. The van der Waals surface area contributed by atoms with Crippen LogP contribution >= 0.6 is 27.3 Å². The molecule has 5 nitrogen and oxygen atoms in total. The lowest BCUT2D eigenvalue weighted by molar-refractivity contribution is -0.113. The predicted molar refractivity (Wildman–Crippen MR) is 68.8 cm³/mol. The van der Waals surface area contributed by atoms with Gasteiger partial charge in [0.15, 0.2) is 0 Å². The average molecular weight is 322 g/mol. The van der Waals surface area contributed by atoms with E-state index in [1.54, 1.807) is 12.3 Å². The van der Waals surface area contributed by atoms with E-state index in [2.05, 4.69) is 21.2 Å². The second kappa shape index (κ2) is 6.73. The first-order chi connectivity index (χ1) is 8.10. The molecule has 1 rings (SSSR count). The van der Waals surface area contributed by atoms with Gasteiger partial charge in [-0.2, -0.15) is 0 Å². The van der Waals surface area contributed by atoms with E-state index in [0.29, 0.717) is 10.6 Å². The zero-order valence-corrected chi connectivity index (χ0v) is 11.6. The first-order valence-electron chi connectivity index (χ1n) is 4.82. The summed E-state index contributed by atoms with van der Waals surface area (Å²) in [7, 11) is 0. The van der Waals surface area contributed by atoms with Gasteiger partial charge in [0.1, 0.15) is 11.5 Å². The number of ether oxygens (including phenoxy) is 1. The lowest BCUT2D eigenvalue weighted by Crippen LogP contribution is -2.16. The first-order valence-corrected chi connectivity index (χ1v) is 6.82. The van der Waals surface area contributed by atoms with Crippen LogP contribution in [0.5, 0.6) is 0 Å². The molecule has 0 unspecified atom stereocenters. The predicted octanol–water partition coefficient (Wildman–Crippen LogP) is 1.54. The van der Waals surface area contributed by atoms with Crippen LogP contribution in [0.2, 0.25) is 0 Å². The zero-order chi connectivity index (χ0) is 12.8. The summed E-state index contributed by atoms with van der Waals surface area (Å²) in [4.78, 5) is 23.2. The zero-order valence-electron chi connectivity index (χ0n) is 9.16. The Labute approximate surface area is 111 Å². The number of nitrogens with one attached hydrogen (secondary N) is 1. The summed E-state index contributed by atoms with van der Waals surface area (Å²) in [6.07, 6.45) is 0. The van der Waals surface area contributed by atoms with Gasteiger partial charge in [-0.15, -0.1) is 11.3 Å². The summed E-state index contributed by atoms with van der Waals surface area (Å²) in [5, 5.41) is 13.1. The molecule has 0 spiro atoms. The number of halogens is 1. The number of amides is 1. The Kier molecular flexibility index (Phi) is 5.60. The maximum atomic E-state index is 11.6. The fraction of sp³-hybridized carbons (Fsp3) is 0.400. The van der Waals surface area contributed by atoms with Crippen molar-refractivity contribution in [1.82, 2.24) is 0 Å². The third kappa shape index (κ3) is 3.79. The minimum atomic E-state index is -0.540. The molecule has 0 aliphatic carbocycles. The fourth-order valence-corrected chi connectivity index (χ4v) is 2.16. The van der Waals surface area contributed by atoms with Crippen LogP contribution in [-0.2, 0) is 9.53 Å². The lowest BCUT2D eigenvalue weighted by Gasteiger charge is -2.06. The average Bonchev–Trinajstić information content (AvgIpc) is 2.68. The van der Waals surface area contributed by atoms with Gasteiger partial charge >= 0.3 is 5.97 Å². The van der Waals surface area contributed by atoms with Crippen molar-refractivity contribution in [3.63, 3.8) is 0 Å². The molecular weight excluding hydrogens is 310 g/mol. The minimum absolute atomic E-state index is 0.0540. The molecule has 1 aromatic rings. The monoisotopic (exact) mass is 321 g/mol.